The van der Waals surface area contributed by atoms with Crippen LogP contribution in [0.3, 0.4) is 0 Å². The predicted octanol–water partition coefficient (Wildman–Crippen LogP) is 6.42. The van der Waals surface area contributed by atoms with Crippen molar-refractivity contribution in [3.8, 4) is 0 Å². The molecule has 250 valence electrons. The summed E-state index contributed by atoms with van der Waals surface area (Å²) in [5.41, 5.74) is 1.85. The quantitative estimate of drug-likeness (QED) is 0.0736. The Morgan fingerprint density at radius 2 is 1.10 bits per heavy atom. The van der Waals surface area contributed by atoms with E-state index in [2.05, 4.69) is 6.58 Å². The molecule has 8 heteroatoms. The summed E-state index contributed by atoms with van der Waals surface area (Å²) in [6.07, 6.45) is -2.10. The molecule has 3 unspecified atom stereocenters. The second-order valence-corrected chi connectivity index (χ2v) is 11.6. The molecule has 5 rings (SSSR count). The number of ether oxygens (including phenoxy) is 6. The van der Waals surface area contributed by atoms with E-state index in [1.807, 2.05) is 121 Å². The first-order chi connectivity index (χ1) is 23.5. The fourth-order valence-electron chi connectivity index (χ4n) is 5.88. The average Bonchev–Trinajstić information content (AvgIpc) is 3.14. The van der Waals surface area contributed by atoms with E-state index < -0.39 is 41.8 Å². The third kappa shape index (κ3) is 8.92. The van der Waals surface area contributed by atoms with Gasteiger partial charge in [-0.15, -0.1) is 6.58 Å². The Kier molecular flexibility index (Phi) is 12.8. The third-order valence-corrected chi connectivity index (χ3v) is 8.25. The van der Waals surface area contributed by atoms with E-state index in [0.29, 0.717) is 6.61 Å². The third-order valence-electron chi connectivity index (χ3n) is 8.25. The Hall–Kier alpha value is -4.44. The molecule has 0 bridgehead atoms. The number of carbonyl (C=O) groups is 2. The maximum absolute atomic E-state index is 14.1. The lowest BCUT2D eigenvalue weighted by molar-refractivity contribution is -0.298. The number of esters is 1. The standard InChI is InChI=1S/C40H42O8/c1-3-24-40(37(41)39(42)43-2)38(47-28-33-22-14-7-15-23-33)36(46-27-32-20-12-6-13-21-32)35(45-26-31-18-10-5-11-19-31)34(48-40)29-44-25-30-16-8-4-9-17-30/h3-23,34-36,38H,1,24-29H2,2H3/t34?,35-,36?,38?,40-/m1/s1. The van der Waals surface area contributed by atoms with Crippen LogP contribution in [0.1, 0.15) is 28.7 Å². The first-order valence-electron chi connectivity index (χ1n) is 16.0. The molecule has 1 fully saturated rings. The van der Waals surface area contributed by atoms with E-state index in [1.54, 1.807) is 6.08 Å². The Bertz CT molecular complexity index is 1560. The molecule has 0 radical (unpaired) electrons. The molecule has 1 saturated heterocycles. The van der Waals surface area contributed by atoms with E-state index in [4.69, 9.17) is 28.4 Å². The van der Waals surface area contributed by atoms with Gasteiger partial charge >= 0.3 is 5.97 Å². The molecule has 0 spiro atoms. The second kappa shape index (κ2) is 17.6. The SMILES string of the molecule is C=CC[C@]1(C(=O)C(=O)OC)OC(COCc2ccccc2)[C@@H](OCc2ccccc2)C(OCc2ccccc2)C1OCc1ccccc1. The fourth-order valence-corrected chi connectivity index (χ4v) is 5.88. The Morgan fingerprint density at radius 3 is 1.56 bits per heavy atom. The van der Waals surface area contributed by atoms with Crippen molar-refractivity contribution in [1.29, 1.82) is 0 Å². The van der Waals surface area contributed by atoms with E-state index in [-0.39, 0.29) is 32.8 Å². The lowest BCUT2D eigenvalue weighted by atomic mass is 9.78. The molecule has 48 heavy (non-hydrogen) atoms. The Morgan fingerprint density at radius 1 is 0.667 bits per heavy atom. The zero-order valence-corrected chi connectivity index (χ0v) is 27.1. The summed E-state index contributed by atoms with van der Waals surface area (Å²) in [6, 6.07) is 38.8. The van der Waals surface area contributed by atoms with Crippen molar-refractivity contribution in [2.45, 2.75) is 62.9 Å². The highest BCUT2D eigenvalue weighted by Crippen LogP contribution is 2.40. The highest BCUT2D eigenvalue weighted by atomic mass is 16.6. The first-order valence-corrected chi connectivity index (χ1v) is 16.0. The maximum atomic E-state index is 14.1. The van der Waals surface area contributed by atoms with Gasteiger partial charge < -0.3 is 28.4 Å². The van der Waals surface area contributed by atoms with Crippen molar-refractivity contribution in [2.75, 3.05) is 13.7 Å². The zero-order chi connectivity index (χ0) is 33.6. The van der Waals surface area contributed by atoms with Crippen LogP contribution in [0, 0.1) is 0 Å². The number of hydrogen-bond acceptors (Lipinski definition) is 8. The molecule has 1 aliphatic heterocycles. The van der Waals surface area contributed by atoms with E-state index in [1.165, 1.54) is 7.11 Å². The second-order valence-electron chi connectivity index (χ2n) is 11.6. The van der Waals surface area contributed by atoms with Crippen LogP contribution in [0.5, 0.6) is 0 Å². The highest BCUT2D eigenvalue weighted by Gasteiger charge is 2.61. The van der Waals surface area contributed by atoms with Crippen molar-refractivity contribution in [3.05, 3.63) is 156 Å². The van der Waals surface area contributed by atoms with Gasteiger partial charge in [0, 0.05) is 6.42 Å². The largest absolute Gasteiger partial charge is 0.463 e. The number of ketones is 1. The topological polar surface area (TPSA) is 89.5 Å². The van der Waals surface area contributed by atoms with Gasteiger partial charge in [0.15, 0.2) is 5.60 Å². The number of carbonyl (C=O) groups excluding carboxylic acids is 2. The van der Waals surface area contributed by atoms with Crippen LogP contribution in [0.15, 0.2) is 134 Å². The Balaban J connectivity index is 1.56. The molecule has 1 aliphatic rings. The minimum absolute atomic E-state index is 0.0400. The first kappa shape index (κ1) is 34.9. The summed E-state index contributed by atoms with van der Waals surface area (Å²) < 4.78 is 37.9. The van der Waals surface area contributed by atoms with E-state index in [9.17, 15) is 9.59 Å². The zero-order valence-electron chi connectivity index (χ0n) is 27.1. The number of rotatable bonds is 17. The van der Waals surface area contributed by atoms with Crippen LogP contribution in [0.25, 0.3) is 0 Å². The van der Waals surface area contributed by atoms with Gasteiger partial charge in [-0.3, -0.25) is 4.79 Å². The van der Waals surface area contributed by atoms with Crippen LogP contribution >= 0.6 is 0 Å². The summed E-state index contributed by atoms with van der Waals surface area (Å²) in [6.45, 7) is 4.80. The minimum atomic E-state index is -1.85. The van der Waals surface area contributed by atoms with E-state index in [0.717, 1.165) is 22.3 Å². The van der Waals surface area contributed by atoms with Crippen molar-refractivity contribution >= 4 is 11.8 Å². The molecule has 0 saturated carbocycles. The van der Waals surface area contributed by atoms with Gasteiger partial charge in [0.25, 0.3) is 5.78 Å². The molecule has 0 aliphatic carbocycles. The van der Waals surface area contributed by atoms with Gasteiger partial charge in [0.1, 0.15) is 24.4 Å². The van der Waals surface area contributed by atoms with Crippen molar-refractivity contribution in [2.24, 2.45) is 0 Å². The van der Waals surface area contributed by atoms with Gasteiger partial charge in [-0.1, -0.05) is 127 Å². The van der Waals surface area contributed by atoms with Gasteiger partial charge in [-0.25, -0.2) is 4.79 Å². The minimum Gasteiger partial charge on any atom is -0.463 e. The number of methoxy groups -OCH3 is 1. The molecular weight excluding hydrogens is 608 g/mol. The van der Waals surface area contributed by atoms with Crippen LogP contribution in [-0.4, -0.2) is 55.5 Å². The van der Waals surface area contributed by atoms with Crippen LogP contribution in [0.4, 0.5) is 0 Å². The molecular formula is C40H42O8. The normalized spacial score (nSPS) is 22.1. The van der Waals surface area contributed by atoms with Gasteiger partial charge in [0.05, 0.1) is 40.1 Å². The highest BCUT2D eigenvalue weighted by molar-refractivity contribution is 6.37. The van der Waals surface area contributed by atoms with Gasteiger partial charge in [-0.05, 0) is 22.3 Å². The van der Waals surface area contributed by atoms with Gasteiger partial charge in [0.2, 0.25) is 0 Å². The molecule has 1 heterocycles. The summed E-state index contributed by atoms with van der Waals surface area (Å²) in [7, 11) is 1.17. The molecule has 5 atom stereocenters. The summed E-state index contributed by atoms with van der Waals surface area (Å²) in [4.78, 5) is 27.2. The smallest absolute Gasteiger partial charge is 0.377 e. The van der Waals surface area contributed by atoms with E-state index >= 15 is 0 Å². The number of hydrogen-bond donors (Lipinski definition) is 0. The molecule has 4 aromatic rings. The van der Waals surface area contributed by atoms with Crippen molar-refractivity contribution < 1.29 is 38.0 Å². The van der Waals surface area contributed by atoms with Crippen molar-refractivity contribution in [3.63, 3.8) is 0 Å². The number of Topliss-reactive ketones (excluding diaryl/α,β-unsaturated/α-hetero) is 1. The predicted molar refractivity (Wildman–Crippen MR) is 181 cm³/mol. The maximum Gasteiger partial charge on any atom is 0.377 e. The lowest BCUT2D eigenvalue weighted by Gasteiger charge is -2.51. The molecule has 4 aromatic carbocycles. The molecule has 0 aromatic heterocycles. The van der Waals surface area contributed by atoms with Crippen LogP contribution in [0.2, 0.25) is 0 Å². The Labute approximate surface area is 282 Å². The fraction of sp³-hybridized carbons (Fsp3) is 0.300. The number of benzene rings is 4. The summed E-state index contributed by atoms with van der Waals surface area (Å²) >= 11 is 0. The molecule has 0 N–H and O–H groups in total. The lowest BCUT2D eigenvalue weighted by Crippen LogP contribution is -2.70. The van der Waals surface area contributed by atoms with Gasteiger partial charge in [-0.2, -0.15) is 0 Å². The monoisotopic (exact) mass is 650 g/mol. The molecule has 8 nitrogen and oxygen atoms in total. The summed E-state index contributed by atoms with van der Waals surface area (Å²) in [5.74, 6) is -1.95. The average molecular weight is 651 g/mol. The van der Waals surface area contributed by atoms with Crippen LogP contribution < -0.4 is 0 Å². The molecule has 0 amide bonds. The summed E-state index contributed by atoms with van der Waals surface area (Å²) in [5, 5.41) is 0. The van der Waals surface area contributed by atoms with Crippen molar-refractivity contribution in [1.82, 2.24) is 0 Å². The van der Waals surface area contributed by atoms with Crippen LogP contribution in [-0.2, 0) is 64.4 Å².